The number of alkyl carbamates (subject to hydrolysis) is 1. The number of nitrogens with one attached hydrogen (secondary N) is 2. The van der Waals surface area contributed by atoms with Crippen LogP contribution >= 0.6 is 15.9 Å². The van der Waals surface area contributed by atoms with Crippen LogP contribution in [0.25, 0.3) is 0 Å². The van der Waals surface area contributed by atoms with Crippen molar-refractivity contribution in [2.24, 2.45) is 0 Å². The maximum absolute atomic E-state index is 13.2. The molecule has 0 aliphatic rings. The normalized spacial score (nSPS) is 12.3. The van der Waals surface area contributed by atoms with Gasteiger partial charge in [-0.15, -0.1) is 0 Å². The monoisotopic (exact) mass is 557 g/mol. The van der Waals surface area contributed by atoms with Gasteiger partial charge >= 0.3 is 12.1 Å². The van der Waals surface area contributed by atoms with E-state index in [0.717, 1.165) is 10.0 Å². The Kier molecular flexibility index (Phi) is 9.40. The van der Waals surface area contributed by atoms with Gasteiger partial charge in [-0.1, -0.05) is 52.3 Å². The fraction of sp³-hybridized carbons (Fsp3) is 0.192. The molecule has 8 nitrogen and oxygen atoms in total. The van der Waals surface area contributed by atoms with Gasteiger partial charge in [-0.3, -0.25) is 4.79 Å². The van der Waals surface area contributed by atoms with Crippen molar-refractivity contribution in [1.29, 1.82) is 0 Å². The van der Waals surface area contributed by atoms with Crippen LogP contribution in [-0.2, 0) is 33.8 Å². The molecule has 36 heavy (non-hydrogen) atoms. The molecule has 2 unspecified atom stereocenters. The van der Waals surface area contributed by atoms with E-state index in [1.54, 1.807) is 48.5 Å². The molecule has 3 rings (SSSR count). The van der Waals surface area contributed by atoms with Gasteiger partial charge in [-0.05, 0) is 53.1 Å². The molecule has 0 radical (unpaired) electrons. The molecule has 2 amide bonds. The van der Waals surface area contributed by atoms with E-state index >= 15 is 0 Å². The lowest BCUT2D eigenvalue weighted by molar-refractivity contribution is -0.142. The third kappa shape index (κ3) is 8.38. The van der Waals surface area contributed by atoms with E-state index in [1.165, 1.54) is 24.3 Å². The van der Waals surface area contributed by atoms with Crippen molar-refractivity contribution in [1.82, 2.24) is 10.6 Å². The summed E-state index contributed by atoms with van der Waals surface area (Å²) in [4.78, 5) is 37.4. The molecule has 0 fully saturated rings. The molecule has 2 atom stereocenters. The van der Waals surface area contributed by atoms with Crippen molar-refractivity contribution in [3.63, 3.8) is 0 Å². The van der Waals surface area contributed by atoms with Crippen LogP contribution in [0.2, 0.25) is 0 Å². The summed E-state index contributed by atoms with van der Waals surface area (Å²) in [6, 6.07) is 16.8. The van der Waals surface area contributed by atoms with Crippen molar-refractivity contribution in [3.05, 3.63) is 99.8 Å². The highest BCUT2D eigenvalue weighted by Gasteiger charge is 2.27. The van der Waals surface area contributed by atoms with E-state index < -0.39 is 35.9 Å². The van der Waals surface area contributed by atoms with E-state index in [1.807, 2.05) is 0 Å². The van der Waals surface area contributed by atoms with Crippen LogP contribution in [0.15, 0.2) is 77.3 Å². The van der Waals surface area contributed by atoms with Gasteiger partial charge in [0.25, 0.3) is 0 Å². The van der Waals surface area contributed by atoms with E-state index in [4.69, 9.17) is 10.5 Å². The maximum atomic E-state index is 13.2. The Morgan fingerprint density at radius 2 is 1.36 bits per heavy atom. The number of ether oxygens (including phenoxy) is 1. The average molecular weight is 558 g/mol. The lowest BCUT2D eigenvalue weighted by atomic mass is 10.0. The largest absolute Gasteiger partial charge is 0.480 e. The Bertz CT molecular complexity index is 1190. The molecular formula is C26H25BrFN3O5. The minimum atomic E-state index is -1.29. The number of rotatable bonds is 10. The predicted molar refractivity (Wildman–Crippen MR) is 135 cm³/mol. The fourth-order valence-corrected chi connectivity index (χ4v) is 3.61. The van der Waals surface area contributed by atoms with Gasteiger partial charge in [0.05, 0.1) is 0 Å². The number of amides is 2. The molecule has 0 aliphatic heterocycles. The van der Waals surface area contributed by atoms with Crippen LogP contribution < -0.4 is 16.4 Å². The summed E-state index contributed by atoms with van der Waals surface area (Å²) in [6.45, 7) is -0.0162. The van der Waals surface area contributed by atoms with Crippen molar-refractivity contribution < 1.29 is 28.6 Å². The van der Waals surface area contributed by atoms with Gasteiger partial charge in [-0.2, -0.15) is 0 Å². The number of carboxylic acids is 1. The summed E-state index contributed by atoms with van der Waals surface area (Å²) in [5, 5.41) is 14.6. The Hall–Kier alpha value is -3.92. The molecule has 0 spiro atoms. The Morgan fingerprint density at radius 3 is 1.94 bits per heavy atom. The maximum Gasteiger partial charge on any atom is 0.408 e. The molecule has 0 saturated heterocycles. The van der Waals surface area contributed by atoms with E-state index in [9.17, 15) is 23.9 Å². The van der Waals surface area contributed by atoms with Crippen LogP contribution in [-0.4, -0.2) is 35.2 Å². The second-order valence-corrected chi connectivity index (χ2v) is 8.99. The number of carbonyl (C=O) groups excluding carboxylic acids is 2. The lowest BCUT2D eigenvalue weighted by Gasteiger charge is -2.22. The van der Waals surface area contributed by atoms with Crippen LogP contribution in [0.1, 0.15) is 16.7 Å². The number of carbonyl (C=O) groups is 3. The Morgan fingerprint density at radius 1 is 0.833 bits per heavy atom. The summed E-state index contributed by atoms with van der Waals surface area (Å²) in [5.41, 5.74) is 8.23. The quantitative estimate of drug-likeness (QED) is 0.280. The third-order valence-corrected chi connectivity index (χ3v) is 5.81. The van der Waals surface area contributed by atoms with Crippen LogP contribution in [0, 0.1) is 5.82 Å². The first-order valence-electron chi connectivity index (χ1n) is 11.0. The summed E-state index contributed by atoms with van der Waals surface area (Å²) in [7, 11) is 0. The molecule has 0 heterocycles. The van der Waals surface area contributed by atoms with E-state index in [0.29, 0.717) is 16.8 Å². The molecule has 5 N–H and O–H groups in total. The van der Waals surface area contributed by atoms with Gasteiger partial charge in [0, 0.05) is 23.0 Å². The molecule has 3 aromatic rings. The van der Waals surface area contributed by atoms with Gasteiger partial charge < -0.3 is 26.2 Å². The van der Waals surface area contributed by atoms with E-state index in [2.05, 4.69) is 26.6 Å². The average Bonchev–Trinajstić information content (AvgIpc) is 2.85. The Labute approximate surface area is 215 Å². The van der Waals surface area contributed by atoms with E-state index in [-0.39, 0.29) is 19.4 Å². The summed E-state index contributed by atoms with van der Waals surface area (Å²) >= 11 is 3.33. The molecule has 0 aliphatic carbocycles. The molecule has 0 bridgehead atoms. The molecule has 0 aromatic heterocycles. The third-order valence-electron chi connectivity index (χ3n) is 5.28. The number of halogens is 2. The minimum absolute atomic E-state index is 0.0162. The predicted octanol–water partition coefficient (Wildman–Crippen LogP) is 3.82. The highest BCUT2D eigenvalue weighted by Crippen LogP contribution is 2.13. The second kappa shape index (κ2) is 12.7. The molecular weight excluding hydrogens is 533 g/mol. The van der Waals surface area contributed by atoms with Crippen molar-refractivity contribution >= 4 is 39.6 Å². The lowest BCUT2D eigenvalue weighted by Crippen LogP contribution is -2.53. The summed E-state index contributed by atoms with van der Waals surface area (Å²) in [6.07, 6.45) is -0.828. The van der Waals surface area contributed by atoms with Crippen molar-refractivity contribution in [3.8, 4) is 0 Å². The van der Waals surface area contributed by atoms with Gasteiger partial charge in [0.1, 0.15) is 24.5 Å². The zero-order valence-electron chi connectivity index (χ0n) is 19.1. The molecule has 10 heteroatoms. The number of hydrogen-bond acceptors (Lipinski definition) is 5. The summed E-state index contributed by atoms with van der Waals surface area (Å²) < 4.78 is 19.3. The SMILES string of the molecule is Nc1ccc(CC(NC(=O)OCc2ccc(Br)cc2)C(=O)NC(Cc2ccc(F)cc2)C(=O)O)cc1. The highest BCUT2D eigenvalue weighted by molar-refractivity contribution is 9.10. The standard InChI is InChI=1S/C26H25BrFN3O5/c27-19-7-1-18(2-8-19)15-36-26(35)31-22(13-17-5-11-21(29)12-6-17)24(32)30-23(25(33)34)14-16-3-9-20(28)10-4-16/h1-12,22-23H,13-15,29H2,(H,30,32)(H,31,35)(H,33,34). The number of nitrogens with two attached hydrogens (primary N) is 1. The van der Waals surface area contributed by atoms with Crippen LogP contribution in [0.4, 0.5) is 14.9 Å². The van der Waals surface area contributed by atoms with Gasteiger partial charge in [0.15, 0.2) is 0 Å². The molecule has 3 aromatic carbocycles. The summed E-state index contributed by atoms with van der Waals surface area (Å²) in [5.74, 6) is -2.43. The zero-order chi connectivity index (χ0) is 26.1. The number of benzene rings is 3. The zero-order valence-corrected chi connectivity index (χ0v) is 20.7. The first-order valence-corrected chi connectivity index (χ1v) is 11.8. The minimum Gasteiger partial charge on any atom is -0.480 e. The second-order valence-electron chi connectivity index (χ2n) is 8.08. The number of aliphatic carboxylic acids is 1. The number of nitrogen functional groups attached to an aromatic ring is 1. The molecule has 188 valence electrons. The fourth-order valence-electron chi connectivity index (χ4n) is 3.34. The van der Waals surface area contributed by atoms with Crippen molar-refractivity contribution in [2.75, 3.05) is 5.73 Å². The van der Waals surface area contributed by atoms with Gasteiger partial charge in [0.2, 0.25) is 5.91 Å². The number of hydrogen-bond donors (Lipinski definition) is 4. The first-order chi connectivity index (χ1) is 17.2. The number of carboxylic acid groups (broad SMARTS) is 1. The number of anilines is 1. The smallest absolute Gasteiger partial charge is 0.408 e. The van der Waals surface area contributed by atoms with Crippen LogP contribution in [0.5, 0.6) is 0 Å². The Balaban J connectivity index is 1.70. The van der Waals surface area contributed by atoms with Gasteiger partial charge in [-0.25, -0.2) is 14.0 Å². The molecule has 0 saturated carbocycles. The first kappa shape index (κ1) is 26.7. The van der Waals surface area contributed by atoms with Crippen molar-refractivity contribution in [2.45, 2.75) is 31.5 Å². The van der Waals surface area contributed by atoms with Crippen LogP contribution in [0.3, 0.4) is 0 Å². The highest BCUT2D eigenvalue weighted by atomic mass is 79.9. The topological polar surface area (TPSA) is 131 Å².